The molecule has 2 rings (SSSR count). The van der Waals surface area contributed by atoms with Crippen LogP contribution in [0.1, 0.15) is 45.4 Å². The van der Waals surface area contributed by atoms with Crippen LogP contribution in [-0.2, 0) is 0 Å². The standard InChI is InChI=1S/C13H25NO/c1-11-5-2-3-6-12(11)9-14-8-4-7-13(14)10-15/h11-13,15H,2-10H2,1H3/t11?,12?,13-/m0/s1. The quantitative estimate of drug-likeness (QED) is 0.774. The lowest BCUT2D eigenvalue weighted by Crippen LogP contribution is -2.38. The van der Waals surface area contributed by atoms with Crippen molar-refractivity contribution in [3.8, 4) is 0 Å². The molecule has 88 valence electrons. The molecule has 0 aromatic rings. The summed E-state index contributed by atoms with van der Waals surface area (Å²) in [6.45, 7) is 5.23. The van der Waals surface area contributed by atoms with Gasteiger partial charge >= 0.3 is 0 Å². The lowest BCUT2D eigenvalue weighted by atomic mass is 9.80. The maximum atomic E-state index is 9.29. The Bertz CT molecular complexity index is 195. The van der Waals surface area contributed by atoms with E-state index in [9.17, 15) is 5.11 Å². The molecule has 1 aliphatic heterocycles. The highest BCUT2D eigenvalue weighted by atomic mass is 16.3. The molecule has 0 spiro atoms. The van der Waals surface area contributed by atoms with E-state index in [0.717, 1.165) is 11.8 Å². The van der Waals surface area contributed by atoms with Crippen LogP contribution >= 0.6 is 0 Å². The second-order valence-corrected chi connectivity index (χ2v) is 5.50. The molecule has 0 radical (unpaired) electrons. The van der Waals surface area contributed by atoms with Crippen LogP contribution < -0.4 is 0 Å². The molecule has 0 amide bonds. The van der Waals surface area contributed by atoms with E-state index in [1.807, 2.05) is 0 Å². The molecule has 2 aliphatic rings. The van der Waals surface area contributed by atoms with Crippen LogP contribution in [0.5, 0.6) is 0 Å². The van der Waals surface area contributed by atoms with Gasteiger partial charge in [0, 0.05) is 12.6 Å². The lowest BCUT2D eigenvalue weighted by Gasteiger charge is -2.34. The van der Waals surface area contributed by atoms with E-state index in [1.54, 1.807) is 0 Å². The highest BCUT2D eigenvalue weighted by Crippen LogP contribution is 2.31. The Labute approximate surface area is 93.7 Å². The van der Waals surface area contributed by atoms with Gasteiger partial charge in [-0.25, -0.2) is 0 Å². The number of aliphatic hydroxyl groups excluding tert-OH is 1. The topological polar surface area (TPSA) is 23.5 Å². The molecule has 1 heterocycles. The van der Waals surface area contributed by atoms with E-state index in [1.165, 1.54) is 51.6 Å². The summed E-state index contributed by atoms with van der Waals surface area (Å²) in [5.74, 6) is 1.80. The van der Waals surface area contributed by atoms with E-state index in [4.69, 9.17) is 0 Å². The van der Waals surface area contributed by atoms with Gasteiger partial charge in [0.15, 0.2) is 0 Å². The molecule has 0 bridgehead atoms. The monoisotopic (exact) mass is 211 g/mol. The first kappa shape index (κ1) is 11.4. The van der Waals surface area contributed by atoms with Crippen molar-refractivity contribution in [1.29, 1.82) is 0 Å². The van der Waals surface area contributed by atoms with Crippen molar-refractivity contribution in [2.75, 3.05) is 19.7 Å². The molecule has 3 atom stereocenters. The maximum absolute atomic E-state index is 9.29. The van der Waals surface area contributed by atoms with Crippen LogP contribution in [0.25, 0.3) is 0 Å². The minimum Gasteiger partial charge on any atom is -0.395 e. The van der Waals surface area contributed by atoms with Crippen molar-refractivity contribution in [2.24, 2.45) is 11.8 Å². The molecular formula is C13H25NO. The van der Waals surface area contributed by atoms with Crippen molar-refractivity contribution in [1.82, 2.24) is 4.90 Å². The molecule has 2 unspecified atom stereocenters. The third-order valence-electron chi connectivity index (χ3n) is 4.47. The summed E-state index contributed by atoms with van der Waals surface area (Å²) in [7, 11) is 0. The van der Waals surface area contributed by atoms with Gasteiger partial charge < -0.3 is 5.11 Å². The molecule has 1 saturated heterocycles. The largest absolute Gasteiger partial charge is 0.395 e. The smallest absolute Gasteiger partial charge is 0.0586 e. The Kier molecular flexibility index (Phi) is 4.04. The first-order valence-electron chi connectivity index (χ1n) is 6.66. The van der Waals surface area contributed by atoms with Crippen LogP contribution in [0.15, 0.2) is 0 Å². The Balaban J connectivity index is 1.84. The highest BCUT2D eigenvalue weighted by Gasteiger charge is 2.29. The van der Waals surface area contributed by atoms with Gasteiger partial charge in [-0.2, -0.15) is 0 Å². The van der Waals surface area contributed by atoms with Crippen molar-refractivity contribution in [2.45, 2.75) is 51.5 Å². The zero-order valence-corrected chi connectivity index (χ0v) is 9.99. The van der Waals surface area contributed by atoms with Crippen molar-refractivity contribution < 1.29 is 5.11 Å². The highest BCUT2D eigenvalue weighted by molar-refractivity contribution is 4.83. The molecule has 1 saturated carbocycles. The number of hydrogen-bond acceptors (Lipinski definition) is 2. The van der Waals surface area contributed by atoms with E-state index in [0.29, 0.717) is 12.6 Å². The van der Waals surface area contributed by atoms with Gasteiger partial charge in [-0.3, -0.25) is 4.90 Å². The van der Waals surface area contributed by atoms with E-state index < -0.39 is 0 Å². The second kappa shape index (κ2) is 5.31. The van der Waals surface area contributed by atoms with Gasteiger partial charge in [-0.15, -0.1) is 0 Å². The van der Waals surface area contributed by atoms with Crippen molar-refractivity contribution in [3.63, 3.8) is 0 Å². The average Bonchev–Trinajstić information content (AvgIpc) is 2.69. The van der Waals surface area contributed by atoms with Crippen LogP contribution in [0, 0.1) is 11.8 Å². The van der Waals surface area contributed by atoms with Gasteiger partial charge in [0.2, 0.25) is 0 Å². The minimum atomic E-state index is 0.362. The third-order valence-corrected chi connectivity index (χ3v) is 4.47. The Morgan fingerprint density at radius 3 is 2.67 bits per heavy atom. The van der Waals surface area contributed by atoms with Crippen LogP contribution in [-0.4, -0.2) is 35.7 Å². The Hall–Kier alpha value is -0.0800. The second-order valence-electron chi connectivity index (χ2n) is 5.50. The maximum Gasteiger partial charge on any atom is 0.0586 e. The van der Waals surface area contributed by atoms with E-state index in [2.05, 4.69) is 11.8 Å². The number of likely N-dealkylation sites (tertiary alicyclic amines) is 1. The Morgan fingerprint density at radius 2 is 1.93 bits per heavy atom. The molecule has 0 aromatic carbocycles. The molecular weight excluding hydrogens is 186 g/mol. The number of hydrogen-bond donors (Lipinski definition) is 1. The lowest BCUT2D eigenvalue weighted by molar-refractivity contribution is 0.113. The summed E-state index contributed by atoms with van der Waals surface area (Å²) >= 11 is 0. The molecule has 2 fully saturated rings. The molecule has 1 N–H and O–H groups in total. The summed E-state index contributed by atoms with van der Waals surface area (Å²) in [4.78, 5) is 2.53. The predicted molar refractivity (Wildman–Crippen MR) is 62.8 cm³/mol. The van der Waals surface area contributed by atoms with Gasteiger partial charge in [-0.05, 0) is 37.6 Å². The average molecular weight is 211 g/mol. The molecule has 1 aliphatic carbocycles. The fraction of sp³-hybridized carbons (Fsp3) is 1.00. The van der Waals surface area contributed by atoms with Crippen LogP contribution in [0.4, 0.5) is 0 Å². The van der Waals surface area contributed by atoms with Gasteiger partial charge in [0.25, 0.3) is 0 Å². The Morgan fingerprint density at radius 1 is 1.13 bits per heavy atom. The van der Waals surface area contributed by atoms with Gasteiger partial charge in [0.05, 0.1) is 6.61 Å². The molecule has 2 nitrogen and oxygen atoms in total. The molecule has 0 aromatic heterocycles. The van der Waals surface area contributed by atoms with E-state index in [-0.39, 0.29) is 0 Å². The van der Waals surface area contributed by atoms with E-state index >= 15 is 0 Å². The number of nitrogens with zero attached hydrogens (tertiary/aromatic N) is 1. The fourth-order valence-corrected chi connectivity index (χ4v) is 3.31. The summed E-state index contributed by atoms with van der Waals surface area (Å²) in [6.07, 6.45) is 8.18. The minimum absolute atomic E-state index is 0.362. The van der Waals surface area contributed by atoms with Crippen molar-refractivity contribution >= 4 is 0 Å². The van der Waals surface area contributed by atoms with Crippen molar-refractivity contribution in [3.05, 3.63) is 0 Å². The third kappa shape index (κ3) is 2.73. The fourth-order valence-electron chi connectivity index (χ4n) is 3.31. The number of rotatable bonds is 3. The SMILES string of the molecule is CC1CCCCC1CN1CCC[C@H]1CO. The molecule has 2 heteroatoms. The summed E-state index contributed by atoms with van der Waals surface area (Å²) in [5.41, 5.74) is 0. The summed E-state index contributed by atoms with van der Waals surface area (Å²) in [6, 6.07) is 0.471. The van der Waals surface area contributed by atoms with Crippen LogP contribution in [0.2, 0.25) is 0 Å². The van der Waals surface area contributed by atoms with Crippen LogP contribution in [0.3, 0.4) is 0 Å². The summed E-state index contributed by atoms with van der Waals surface area (Å²) < 4.78 is 0. The predicted octanol–water partition coefficient (Wildman–Crippen LogP) is 2.27. The molecule has 15 heavy (non-hydrogen) atoms. The zero-order valence-electron chi connectivity index (χ0n) is 9.99. The van der Waals surface area contributed by atoms with Gasteiger partial charge in [-0.1, -0.05) is 26.2 Å². The number of aliphatic hydroxyl groups is 1. The summed E-state index contributed by atoms with van der Waals surface area (Å²) in [5, 5.41) is 9.29. The van der Waals surface area contributed by atoms with Gasteiger partial charge in [0.1, 0.15) is 0 Å². The zero-order chi connectivity index (χ0) is 10.7. The first-order chi connectivity index (χ1) is 7.31. The first-order valence-corrected chi connectivity index (χ1v) is 6.66. The normalized spacial score (nSPS) is 38.4.